The third kappa shape index (κ3) is 2.34. The highest BCUT2D eigenvalue weighted by Gasteiger charge is 2.32. The summed E-state index contributed by atoms with van der Waals surface area (Å²) in [4.78, 5) is 22.9. The van der Waals surface area contributed by atoms with E-state index in [1.54, 1.807) is 0 Å². The van der Waals surface area contributed by atoms with Crippen LogP contribution >= 0.6 is 15.9 Å². The molecule has 1 fully saturated rings. The van der Waals surface area contributed by atoms with Crippen LogP contribution in [0.3, 0.4) is 0 Å². The molecule has 2 nitrogen and oxygen atoms in total. The number of rotatable bonds is 2. The Balaban J connectivity index is 2.11. The number of Topliss-reactive ketones (excluding diaryl/α,β-unsaturated/α-hetero) is 2. The van der Waals surface area contributed by atoms with Crippen LogP contribution in [-0.2, 0) is 16.0 Å². The van der Waals surface area contributed by atoms with Gasteiger partial charge in [0.15, 0.2) is 0 Å². The van der Waals surface area contributed by atoms with Crippen LogP contribution in [0, 0.1) is 5.92 Å². The second kappa shape index (κ2) is 4.27. The summed E-state index contributed by atoms with van der Waals surface area (Å²) in [5.41, 5.74) is 1.05. The van der Waals surface area contributed by atoms with Crippen molar-refractivity contribution in [2.45, 2.75) is 19.3 Å². The Morgan fingerprint density at radius 3 is 2.13 bits per heavy atom. The van der Waals surface area contributed by atoms with Crippen LogP contribution in [0.1, 0.15) is 18.4 Å². The zero-order chi connectivity index (χ0) is 10.8. The van der Waals surface area contributed by atoms with Crippen LogP contribution in [0.2, 0.25) is 0 Å². The van der Waals surface area contributed by atoms with E-state index in [2.05, 4.69) is 15.9 Å². The highest BCUT2D eigenvalue weighted by Crippen LogP contribution is 2.22. The molecule has 1 aromatic carbocycles. The van der Waals surface area contributed by atoms with Gasteiger partial charge in [0.2, 0.25) is 0 Å². The molecule has 3 heteroatoms. The summed E-state index contributed by atoms with van der Waals surface area (Å²) in [6.45, 7) is 0. The van der Waals surface area contributed by atoms with E-state index in [0.29, 0.717) is 19.3 Å². The number of hydrogen-bond donors (Lipinski definition) is 0. The molecule has 0 N–H and O–H groups in total. The molecular formula is C12H11BrO2. The topological polar surface area (TPSA) is 34.1 Å². The van der Waals surface area contributed by atoms with Crippen molar-refractivity contribution in [3.8, 4) is 0 Å². The standard InChI is InChI=1S/C12H11BrO2/c13-9-3-1-8(2-4-9)7-10-11(14)5-6-12(10)15/h1-4,10H,5-7H2. The Hall–Kier alpha value is -0.960. The summed E-state index contributed by atoms with van der Waals surface area (Å²) in [7, 11) is 0. The maximum atomic E-state index is 11.4. The second-order valence-corrected chi connectivity index (χ2v) is 4.73. The lowest BCUT2D eigenvalue weighted by Gasteiger charge is -2.06. The van der Waals surface area contributed by atoms with E-state index in [1.165, 1.54) is 0 Å². The molecule has 0 aromatic heterocycles. The normalized spacial score (nSPS) is 17.4. The Kier molecular flexibility index (Phi) is 3.00. The van der Waals surface area contributed by atoms with Gasteiger partial charge in [-0.15, -0.1) is 0 Å². The smallest absolute Gasteiger partial charge is 0.144 e. The summed E-state index contributed by atoms with van der Waals surface area (Å²) in [5, 5.41) is 0. The monoisotopic (exact) mass is 266 g/mol. The van der Waals surface area contributed by atoms with E-state index >= 15 is 0 Å². The summed E-state index contributed by atoms with van der Waals surface area (Å²) in [5.74, 6) is -0.183. The van der Waals surface area contributed by atoms with Crippen LogP contribution in [0.4, 0.5) is 0 Å². The summed E-state index contributed by atoms with van der Waals surface area (Å²) in [6.07, 6.45) is 1.42. The van der Waals surface area contributed by atoms with Gasteiger partial charge in [-0.05, 0) is 24.1 Å². The molecule has 78 valence electrons. The average molecular weight is 267 g/mol. The van der Waals surface area contributed by atoms with Crippen molar-refractivity contribution in [1.82, 2.24) is 0 Å². The van der Waals surface area contributed by atoms with E-state index in [1.807, 2.05) is 24.3 Å². The quantitative estimate of drug-likeness (QED) is 0.771. The molecule has 0 saturated heterocycles. The fourth-order valence-electron chi connectivity index (χ4n) is 1.86. The molecule has 0 unspecified atom stereocenters. The molecule has 2 rings (SSSR count). The van der Waals surface area contributed by atoms with Crippen LogP contribution < -0.4 is 0 Å². The third-order valence-electron chi connectivity index (χ3n) is 2.75. The fourth-order valence-corrected chi connectivity index (χ4v) is 2.12. The SMILES string of the molecule is O=C1CCC(=O)C1Cc1ccc(Br)cc1. The number of benzene rings is 1. The third-order valence-corrected chi connectivity index (χ3v) is 3.28. The van der Waals surface area contributed by atoms with Gasteiger partial charge in [-0.3, -0.25) is 9.59 Å². The first-order valence-corrected chi connectivity index (χ1v) is 5.76. The van der Waals surface area contributed by atoms with Crippen LogP contribution in [0.25, 0.3) is 0 Å². The van der Waals surface area contributed by atoms with Crippen molar-refractivity contribution in [1.29, 1.82) is 0 Å². The van der Waals surface area contributed by atoms with Crippen molar-refractivity contribution in [2.75, 3.05) is 0 Å². The van der Waals surface area contributed by atoms with Crippen molar-refractivity contribution in [3.63, 3.8) is 0 Å². The van der Waals surface area contributed by atoms with E-state index < -0.39 is 0 Å². The predicted molar refractivity (Wildman–Crippen MR) is 60.6 cm³/mol. The van der Waals surface area contributed by atoms with Gasteiger partial charge in [0.05, 0.1) is 5.92 Å². The van der Waals surface area contributed by atoms with E-state index in [-0.39, 0.29) is 17.5 Å². The number of hydrogen-bond acceptors (Lipinski definition) is 2. The molecule has 0 bridgehead atoms. The predicted octanol–water partition coefficient (Wildman–Crippen LogP) is 2.54. The number of carbonyl (C=O) groups excluding carboxylic acids is 2. The first kappa shape index (κ1) is 10.6. The first-order valence-electron chi connectivity index (χ1n) is 4.96. The molecule has 15 heavy (non-hydrogen) atoms. The van der Waals surface area contributed by atoms with E-state index in [9.17, 15) is 9.59 Å². The minimum Gasteiger partial charge on any atom is -0.299 e. The molecule has 0 amide bonds. The average Bonchev–Trinajstić information content (AvgIpc) is 2.53. The van der Waals surface area contributed by atoms with Crippen molar-refractivity contribution in [3.05, 3.63) is 34.3 Å². The van der Waals surface area contributed by atoms with Gasteiger partial charge >= 0.3 is 0 Å². The molecule has 0 heterocycles. The zero-order valence-corrected chi connectivity index (χ0v) is 9.79. The lowest BCUT2D eigenvalue weighted by Crippen LogP contribution is -2.16. The summed E-state index contributed by atoms with van der Waals surface area (Å²) >= 11 is 3.35. The summed E-state index contributed by atoms with van der Waals surface area (Å²) in [6, 6.07) is 7.75. The molecule has 1 aliphatic rings. The van der Waals surface area contributed by atoms with Crippen molar-refractivity contribution in [2.24, 2.45) is 5.92 Å². The Bertz CT molecular complexity index is 379. The number of halogens is 1. The molecule has 0 radical (unpaired) electrons. The van der Waals surface area contributed by atoms with E-state index in [0.717, 1.165) is 10.0 Å². The largest absolute Gasteiger partial charge is 0.299 e. The Morgan fingerprint density at radius 2 is 1.60 bits per heavy atom. The Morgan fingerprint density at radius 1 is 1.07 bits per heavy atom. The number of ketones is 2. The highest BCUT2D eigenvalue weighted by atomic mass is 79.9. The van der Waals surface area contributed by atoms with Gasteiger partial charge in [-0.1, -0.05) is 28.1 Å². The fraction of sp³-hybridized carbons (Fsp3) is 0.333. The highest BCUT2D eigenvalue weighted by molar-refractivity contribution is 9.10. The molecule has 1 saturated carbocycles. The molecule has 0 atom stereocenters. The zero-order valence-electron chi connectivity index (χ0n) is 8.20. The minimum atomic E-state index is -0.383. The summed E-state index contributed by atoms with van der Waals surface area (Å²) < 4.78 is 1.01. The van der Waals surface area contributed by atoms with Gasteiger partial charge < -0.3 is 0 Å². The number of carbonyl (C=O) groups is 2. The lowest BCUT2D eigenvalue weighted by atomic mass is 9.96. The molecular weight excluding hydrogens is 256 g/mol. The van der Waals surface area contributed by atoms with Crippen molar-refractivity contribution < 1.29 is 9.59 Å². The van der Waals surface area contributed by atoms with Gasteiger partial charge in [-0.2, -0.15) is 0 Å². The van der Waals surface area contributed by atoms with Crippen LogP contribution in [0.15, 0.2) is 28.7 Å². The van der Waals surface area contributed by atoms with Gasteiger partial charge in [0.1, 0.15) is 11.6 Å². The molecule has 1 aromatic rings. The van der Waals surface area contributed by atoms with Gasteiger partial charge in [-0.25, -0.2) is 0 Å². The minimum absolute atomic E-state index is 0.0999. The Labute approximate surface area is 96.8 Å². The maximum absolute atomic E-state index is 11.4. The maximum Gasteiger partial charge on any atom is 0.144 e. The van der Waals surface area contributed by atoms with Crippen molar-refractivity contribution >= 4 is 27.5 Å². The second-order valence-electron chi connectivity index (χ2n) is 3.82. The first-order chi connectivity index (χ1) is 7.16. The van der Waals surface area contributed by atoms with Crippen LogP contribution in [-0.4, -0.2) is 11.6 Å². The molecule has 0 spiro atoms. The van der Waals surface area contributed by atoms with Gasteiger partial charge in [0.25, 0.3) is 0 Å². The van der Waals surface area contributed by atoms with E-state index in [4.69, 9.17) is 0 Å². The molecule has 1 aliphatic carbocycles. The van der Waals surface area contributed by atoms with Crippen LogP contribution in [0.5, 0.6) is 0 Å². The van der Waals surface area contributed by atoms with Gasteiger partial charge in [0, 0.05) is 17.3 Å². The lowest BCUT2D eigenvalue weighted by molar-refractivity contribution is -0.127. The molecule has 0 aliphatic heterocycles.